The second kappa shape index (κ2) is 5.01. The molecular formula is C12H9NS2. The summed E-state index contributed by atoms with van der Waals surface area (Å²) in [5, 5.41) is 8.69. The van der Waals surface area contributed by atoms with E-state index in [-0.39, 0.29) is 0 Å². The van der Waals surface area contributed by atoms with Crippen LogP contribution in [0.15, 0.2) is 46.7 Å². The minimum absolute atomic E-state index is 0.783. The van der Waals surface area contributed by atoms with E-state index in [1.807, 2.05) is 30.3 Å². The molecule has 0 aliphatic carbocycles. The molecule has 74 valence electrons. The quantitative estimate of drug-likeness (QED) is 0.748. The van der Waals surface area contributed by atoms with Crippen LogP contribution < -0.4 is 0 Å². The Hall–Kier alpha value is -1.24. The van der Waals surface area contributed by atoms with E-state index in [4.69, 9.17) is 5.26 Å². The minimum Gasteiger partial charge on any atom is -0.192 e. The van der Waals surface area contributed by atoms with Crippen molar-refractivity contribution in [1.82, 2.24) is 0 Å². The lowest BCUT2D eigenvalue weighted by atomic mass is 10.2. The number of hydrogen-bond donors (Lipinski definition) is 0. The van der Waals surface area contributed by atoms with Crippen molar-refractivity contribution in [3.63, 3.8) is 0 Å². The van der Waals surface area contributed by atoms with Gasteiger partial charge in [0.15, 0.2) is 0 Å². The molecule has 1 aromatic heterocycles. The summed E-state index contributed by atoms with van der Waals surface area (Å²) in [6, 6.07) is 16.4. The number of rotatable bonds is 3. The number of hydrogen-bond acceptors (Lipinski definition) is 3. The maximum absolute atomic E-state index is 8.69. The number of nitrogens with zero attached hydrogens (tertiary/aromatic N) is 1. The maximum Gasteiger partial charge on any atom is 0.110 e. The average Bonchev–Trinajstić information content (AvgIpc) is 2.76. The van der Waals surface area contributed by atoms with E-state index in [1.54, 1.807) is 23.1 Å². The standard InChI is InChI=1S/C12H9NS2/c13-8-11-6-7-12(15-11)14-9-10-4-2-1-3-5-10/h1-7H,9H2. The molecule has 0 unspecified atom stereocenters. The van der Waals surface area contributed by atoms with Crippen molar-refractivity contribution >= 4 is 23.1 Å². The fraction of sp³-hybridized carbons (Fsp3) is 0.0833. The number of nitriles is 1. The van der Waals surface area contributed by atoms with Crippen LogP contribution in [0.4, 0.5) is 0 Å². The molecule has 2 rings (SSSR count). The van der Waals surface area contributed by atoms with E-state index < -0.39 is 0 Å². The summed E-state index contributed by atoms with van der Waals surface area (Å²) in [5.41, 5.74) is 1.31. The molecule has 0 spiro atoms. The summed E-state index contributed by atoms with van der Waals surface area (Å²) in [4.78, 5) is 0.783. The van der Waals surface area contributed by atoms with E-state index >= 15 is 0 Å². The Morgan fingerprint density at radius 3 is 2.60 bits per heavy atom. The molecule has 2 aromatic rings. The minimum atomic E-state index is 0.783. The van der Waals surface area contributed by atoms with E-state index in [0.717, 1.165) is 10.6 Å². The maximum atomic E-state index is 8.69. The lowest BCUT2D eigenvalue weighted by molar-refractivity contribution is 1.41. The molecule has 1 nitrogen and oxygen atoms in total. The van der Waals surface area contributed by atoms with E-state index in [2.05, 4.69) is 18.2 Å². The van der Waals surface area contributed by atoms with Crippen LogP contribution in [-0.2, 0) is 5.75 Å². The van der Waals surface area contributed by atoms with Gasteiger partial charge in [-0.05, 0) is 17.7 Å². The second-order valence-electron chi connectivity index (χ2n) is 3.00. The Bertz CT molecular complexity index is 468. The fourth-order valence-corrected chi connectivity index (χ4v) is 3.07. The van der Waals surface area contributed by atoms with Gasteiger partial charge in [-0.1, -0.05) is 30.3 Å². The van der Waals surface area contributed by atoms with Gasteiger partial charge in [0.2, 0.25) is 0 Å². The second-order valence-corrected chi connectivity index (χ2v) is 5.36. The van der Waals surface area contributed by atoms with Crippen LogP contribution in [0.1, 0.15) is 10.4 Å². The molecule has 0 N–H and O–H groups in total. The monoisotopic (exact) mass is 231 g/mol. The van der Waals surface area contributed by atoms with Gasteiger partial charge < -0.3 is 0 Å². The Kier molecular flexibility index (Phi) is 3.44. The third-order valence-corrected chi connectivity index (χ3v) is 4.20. The van der Waals surface area contributed by atoms with Gasteiger partial charge in [-0.3, -0.25) is 0 Å². The topological polar surface area (TPSA) is 23.8 Å². The highest BCUT2D eigenvalue weighted by molar-refractivity contribution is 8.00. The third kappa shape index (κ3) is 2.85. The summed E-state index contributed by atoms with van der Waals surface area (Å²) in [5.74, 6) is 0.965. The predicted molar refractivity (Wildman–Crippen MR) is 65.0 cm³/mol. The van der Waals surface area contributed by atoms with Gasteiger partial charge in [0.25, 0.3) is 0 Å². The van der Waals surface area contributed by atoms with Crippen molar-refractivity contribution in [2.75, 3.05) is 0 Å². The molecule has 1 heterocycles. The molecule has 0 aliphatic rings. The van der Waals surface area contributed by atoms with Crippen molar-refractivity contribution < 1.29 is 0 Å². The predicted octanol–water partition coefficient (Wildman–Crippen LogP) is 3.91. The molecule has 0 aliphatic heterocycles. The van der Waals surface area contributed by atoms with Crippen LogP contribution in [-0.4, -0.2) is 0 Å². The summed E-state index contributed by atoms with van der Waals surface area (Å²) in [7, 11) is 0. The molecule has 0 saturated carbocycles. The lowest BCUT2D eigenvalue weighted by Crippen LogP contribution is -1.76. The van der Waals surface area contributed by atoms with Crippen molar-refractivity contribution in [3.8, 4) is 6.07 Å². The molecule has 15 heavy (non-hydrogen) atoms. The first kappa shape index (κ1) is 10.3. The molecule has 0 amide bonds. The van der Waals surface area contributed by atoms with Gasteiger partial charge in [-0.15, -0.1) is 23.1 Å². The largest absolute Gasteiger partial charge is 0.192 e. The highest BCUT2D eigenvalue weighted by Crippen LogP contribution is 2.29. The van der Waals surface area contributed by atoms with Gasteiger partial charge in [0.05, 0.1) is 4.21 Å². The molecule has 3 heteroatoms. The summed E-state index contributed by atoms with van der Waals surface area (Å²) < 4.78 is 1.20. The Labute approximate surface area is 97.4 Å². The summed E-state index contributed by atoms with van der Waals surface area (Å²) in [6.07, 6.45) is 0. The van der Waals surface area contributed by atoms with Gasteiger partial charge >= 0.3 is 0 Å². The van der Waals surface area contributed by atoms with Gasteiger partial charge in [0.1, 0.15) is 10.9 Å². The summed E-state index contributed by atoms with van der Waals surface area (Å²) >= 11 is 3.33. The third-order valence-electron chi connectivity index (χ3n) is 1.92. The molecule has 0 radical (unpaired) electrons. The lowest BCUT2D eigenvalue weighted by Gasteiger charge is -1.97. The molecular weight excluding hydrogens is 222 g/mol. The van der Waals surface area contributed by atoms with Crippen molar-refractivity contribution in [2.45, 2.75) is 9.96 Å². The van der Waals surface area contributed by atoms with E-state index in [1.165, 1.54) is 9.77 Å². The molecule has 0 saturated heterocycles. The zero-order valence-electron chi connectivity index (χ0n) is 8.01. The van der Waals surface area contributed by atoms with Crippen LogP contribution in [0.2, 0.25) is 0 Å². The number of thioether (sulfide) groups is 1. The van der Waals surface area contributed by atoms with Crippen LogP contribution >= 0.6 is 23.1 Å². The SMILES string of the molecule is N#Cc1ccc(SCc2ccccc2)s1. The van der Waals surface area contributed by atoms with Crippen LogP contribution in [0.5, 0.6) is 0 Å². The zero-order chi connectivity index (χ0) is 10.5. The molecule has 1 aromatic carbocycles. The normalized spacial score (nSPS) is 9.80. The van der Waals surface area contributed by atoms with Gasteiger partial charge in [-0.2, -0.15) is 5.26 Å². The first-order chi connectivity index (χ1) is 7.38. The molecule has 0 fully saturated rings. The smallest absolute Gasteiger partial charge is 0.110 e. The zero-order valence-corrected chi connectivity index (χ0v) is 9.65. The highest BCUT2D eigenvalue weighted by Gasteiger charge is 2.00. The molecule has 0 atom stereocenters. The first-order valence-corrected chi connectivity index (χ1v) is 6.35. The van der Waals surface area contributed by atoms with Crippen LogP contribution in [0.25, 0.3) is 0 Å². The van der Waals surface area contributed by atoms with Crippen LogP contribution in [0, 0.1) is 11.3 Å². The molecule has 0 bridgehead atoms. The first-order valence-electron chi connectivity index (χ1n) is 4.55. The average molecular weight is 231 g/mol. The van der Waals surface area contributed by atoms with E-state index in [9.17, 15) is 0 Å². The van der Waals surface area contributed by atoms with Gasteiger partial charge in [-0.25, -0.2) is 0 Å². The fourth-order valence-electron chi connectivity index (χ4n) is 1.19. The Morgan fingerprint density at radius 2 is 1.93 bits per heavy atom. The van der Waals surface area contributed by atoms with Gasteiger partial charge in [0, 0.05) is 5.75 Å². The van der Waals surface area contributed by atoms with Crippen molar-refractivity contribution in [1.29, 1.82) is 5.26 Å². The van der Waals surface area contributed by atoms with Crippen LogP contribution in [0.3, 0.4) is 0 Å². The number of benzene rings is 1. The Balaban J connectivity index is 1.97. The van der Waals surface area contributed by atoms with E-state index in [0.29, 0.717) is 0 Å². The number of thiophene rings is 1. The summed E-state index contributed by atoms with van der Waals surface area (Å²) in [6.45, 7) is 0. The van der Waals surface area contributed by atoms with Crippen molar-refractivity contribution in [2.24, 2.45) is 0 Å². The van der Waals surface area contributed by atoms with Crippen molar-refractivity contribution in [3.05, 3.63) is 52.9 Å². The Morgan fingerprint density at radius 1 is 1.13 bits per heavy atom. The highest BCUT2D eigenvalue weighted by atomic mass is 32.2.